The molecule has 2 nitrogen and oxygen atoms in total. The molecule has 1 rings (SSSR count). The van der Waals surface area contributed by atoms with Crippen molar-refractivity contribution in [2.45, 2.75) is 31.2 Å². The molecule has 0 aromatic heterocycles. The number of ether oxygens (including phenoxy) is 2. The number of hydrogen-bond acceptors (Lipinski definition) is 2. The first-order valence-corrected chi connectivity index (χ1v) is 8.38. The van der Waals surface area contributed by atoms with Crippen LogP contribution < -0.4 is 0 Å². The second-order valence-electron chi connectivity index (χ2n) is 4.45. The average molecular weight is 264 g/mol. The number of aryl methyl sites for hydroxylation is 1. The average Bonchev–Trinajstić information content (AvgIpc) is 2.43. The Bertz CT molecular complexity index is 331. The first-order valence-electron chi connectivity index (χ1n) is 6.57. The van der Waals surface area contributed by atoms with Crippen LogP contribution in [0.5, 0.6) is 0 Å². The maximum absolute atomic E-state index is 5.22. The van der Waals surface area contributed by atoms with Gasteiger partial charge in [0.25, 0.3) is 0 Å². The highest BCUT2D eigenvalue weighted by Crippen LogP contribution is 2.10. The van der Waals surface area contributed by atoms with Gasteiger partial charge in [-0.3, -0.25) is 0 Å². The van der Waals surface area contributed by atoms with Crippen LogP contribution in [0.15, 0.2) is 30.8 Å². The minimum Gasteiger partial charge on any atom is -0.360 e. The smallest absolute Gasteiger partial charge is 0.134 e. The van der Waals surface area contributed by atoms with E-state index in [4.69, 9.17) is 9.47 Å². The highest BCUT2D eigenvalue weighted by atomic mass is 28.2. The van der Waals surface area contributed by atoms with E-state index in [1.54, 1.807) is 14.2 Å². The van der Waals surface area contributed by atoms with E-state index in [0.717, 1.165) is 6.42 Å². The SMILES string of the molecule is C=Cc1ccc(CCCC[SiH2]C(OC)OC)cc1. The summed E-state index contributed by atoms with van der Waals surface area (Å²) in [6.45, 7) is 3.76. The molecule has 0 aliphatic heterocycles. The van der Waals surface area contributed by atoms with Gasteiger partial charge in [-0.05, 0) is 24.0 Å². The largest absolute Gasteiger partial charge is 0.360 e. The summed E-state index contributed by atoms with van der Waals surface area (Å²) in [6.07, 6.45) is 5.57. The van der Waals surface area contributed by atoms with Crippen molar-refractivity contribution in [3.63, 3.8) is 0 Å². The third-order valence-electron chi connectivity index (χ3n) is 3.15. The van der Waals surface area contributed by atoms with E-state index >= 15 is 0 Å². The summed E-state index contributed by atoms with van der Waals surface area (Å²) in [7, 11) is 3.21. The molecule has 18 heavy (non-hydrogen) atoms. The molecule has 1 aromatic rings. The monoisotopic (exact) mass is 264 g/mol. The van der Waals surface area contributed by atoms with E-state index in [0.29, 0.717) is 0 Å². The van der Waals surface area contributed by atoms with E-state index in [1.807, 2.05) is 6.08 Å². The molecular formula is C15H24O2Si. The number of methoxy groups -OCH3 is 2. The summed E-state index contributed by atoms with van der Waals surface area (Å²) in [5.74, 6) is 0.0943. The van der Waals surface area contributed by atoms with Gasteiger partial charge in [0.05, 0.1) is 9.52 Å². The molecule has 3 heteroatoms. The Kier molecular flexibility index (Phi) is 7.65. The highest BCUT2D eigenvalue weighted by Gasteiger charge is 2.04. The van der Waals surface area contributed by atoms with Crippen LogP contribution in [0.2, 0.25) is 6.04 Å². The Balaban J connectivity index is 2.15. The molecule has 0 N–H and O–H groups in total. The third-order valence-corrected chi connectivity index (χ3v) is 5.19. The maximum Gasteiger partial charge on any atom is 0.134 e. The van der Waals surface area contributed by atoms with Crippen LogP contribution >= 0.6 is 0 Å². The van der Waals surface area contributed by atoms with Crippen LogP contribution in [0.4, 0.5) is 0 Å². The molecule has 0 amide bonds. The van der Waals surface area contributed by atoms with Gasteiger partial charge in [-0.15, -0.1) is 0 Å². The quantitative estimate of drug-likeness (QED) is 0.388. The molecule has 0 bridgehead atoms. The van der Waals surface area contributed by atoms with Gasteiger partial charge < -0.3 is 9.47 Å². The Morgan fingerprint density at radius 3 is 2.39 bits per heavy atom. The standard InChI is InChI=1S/C15H24O2Si/c1-4-13-8-10-14(11-9-13)7-5-6-12-18-15(16-2)17-3/h4,8-11,15H,1,5-7,12,18H2,2-3H3. The lowest BCUT2D eigenvalue weighted by Crippen LogP contribution is -2.20. The number of benzene rings is 1. The zero-order chi connectivity index (χ0) is 13.2. The first-order chi connectivity index (χ1) is 8.80. The van der Waals surface area contributed by atoms with Crippen molar-refractivity contribution in [3.05, 3.63) is 42.0 Å². The van der Waals surface area contributed by atoms with Crippen molar-refractivity contribution in [2.24, 2.45) is 0 Å². The zero-order valence-corrected chi connectivity index (χ0v) is 12.9. The lowest BCUT2D eigenvalue weighted by Gasteiger charge is -2.12. The minimum absolute atomic E-state index is 0.0943. The van der Waals surface area contributed by atoms with Crippen molar-refractivity contribution in [1.82, 2.24) is 0 Å². The molecule has 0 atom stereocenters. The third kappa shape index (κ3) is 5.62. The van der Waals surface area contributed by atoms with Gasteiger partial charge in [-0.1, -0.05) is 49.4 Å². The van der Waals surface area contributed by atoms with E-state index in [-0.39, 0.29) is 15.4 Å². The van der Waals surface area contributed by atoms with Crippen LogP contribution in [0.3, 0.4) is 0 Å². The molecule has 0 unspecified atom stereocenters. The van der Waals surface area contributed by atoms with Gasteiger partial charge in [0.15, 0.2) is 0 Å². The summed E-state index contributed by atoms with van der Waals surface area (Å²) in [5, 5.41) is 0. The Hall–Kier alpha value is -0.903. The summed E-state index contributed by atoms with van der Waals surface area (Å²) in [5.41, 5.74) is 2.60. The Morgan fingerprint density at radius 2 is 1.83 bits per heavy atom. The number of hydrogen-bond donors (Lipinski definition) is 0. The fraction of sp³-hybridized carbons (Fsp3) is 0.467. The summed E-state index contributed by atoms with van der Waals surface area (Å²) >= 11 is 0. The molecule has 0 saturated carbocycles. The summed E-state index contributed by atoms with van der Waals surface area (Å²) < 4.78 is 10.4. The lowest BCUT2D eigenvalue weighted by atomic mass is 10.1. The predicted molar refractivity (Wildman–Crippen MR) is 80.6 cm³/mol. The number of rotatable bonds is 9. The number of unbranched alkanes of at least 4 members (excludes halogenated alkanes) is 1. The fourth-order valence-corrected chi connectivity index (χ4v) is 3.42. The highest BCUT2D eigenvalue weighted by molar-refractivity contribution is 6.36. The fourth-order valence-electron chi connectivity index (χ4n) is 1.97. The predicted octanol–water partition coefficient (Wildman–Crippen LogP) is 2.82. The van der Waals surface area contributed by atoms with Gasteiger partial charge in [-0.25, -0.2) is 0 Å². The van der Waals surface area contributed by atoms with E-state index in [1.165, 1.54) is 30.0 Å². The van der Waals surface area contributed by atoms with Crippen LogP contribution in [-0.2, 0) is 15.9 Å². The maximum atomic E-state index is 5.22. The zero-order valence-electron chi connectivity index (χ0n) is 11.5. The van der Waals surface area contributed by atoms with Crippen molar-refractivity contribution in [2.75, 3.05) is 14.2 Å². The molecule has 0 aliphatic rings. The van der Waals surface area contributed by atoms with Gasteiger partial charge >= 0.3 is 0 Å². The lowest BCUT2D eigenvalue weighted by molar-refractivity contribution is -0.0441. The van der Waals surface area contributed by atoms with E-state index < -0.39 is 0 Å². The molecule has 0 fully saturated rings. The molecule has 0 heterocycles. The molecule has 0 spiro atoms. The topological polar surface area (TPSA) is 18.5 Å². The Morgan fingerprint density at radius 1 is 1.17 bits per heavy atom. The molecule has 0 radical (unpaired) electrons. The van der Waals surface area contributed by atoms with Gasteiger partial charge in [0, 0.05) is 14.2 Å². The van der Waals surface area contributed by atoms with Crippen molar-refractivity contribution >= 4 is 15.6 Å². The van der Waals surface area contributed by atoms with Crippen LogP contribution in [0.25, 0.3) is 6.08 Å². The van der Waals surface area contributed by atoms with Crippen molar-refractivity contribution in [1.29, 1.82) is 0 Å². The summed E-state index contributed by atoms with van der Waals surface area (Å²) in [4.78, 5) is 0. The van der Waals surface area contributed by atoms with Crippen molar-refractivity contribution in [3.8, 4) is 0 Å². The van der Waals surface area contributed by atoms with E-state index in [2.05, 4.69) is 30.8 Å². The second kappa shape index (κ2) is 9.08. The molecular weight excluding hydrogens is 240 g/mol. The second-order valence-corrected chi connectivity index (χ2v) is 6.40. The minimum atomic E-state index is -0.243. The van der Waals surface area contributed by atoms with Crippen LogP contribution in [0.1, 0.15) is 24.0 Å². The van der Waals surface area contributed by atoms with Crippen molar-refractivity contribution < 1.29 is 9.47 Å². The van der Waals surface area contributed by atoms with Crippen LogP contribution in [-0.4, -0.2) is 29.7 Å². The van der Waals surface area contributed by atoms with Gasteiger partial charge in [0.2, 0.25) is 0 Å². The molecule has 100 valence electrons. The summed E-state index contributed by atoms with van der Waals surface area (Å²) in [6, 6.07) is 9.94. The molecule has 1 aromatic carbocycles. The first kappa shape index (κ1) is 15.2. The van der Waals surface area contributed by atoms with Gasteiger partial charge in [-0.2, -0.15) is 0 Å². The van der Waals surface area contributed by atoms with E-state index in [9.17, 15) is 0 Å². The van der Waals surface area contributed by atoms with Gasteiger partial charge in [0.1, 0.15) is 5.91 Å². The molecule has 0 aliphatic carbocycles. The normalized spacial score (nSPS) is 11.5. The Labute approximate surface area is 113 Å². The molecule has 0 saturated heterocycles. The van der Waals surface area contributed by atoms with Crippen LogP contribution in [0, 0.1) is 0 Å².